The fourth-order valence-corrected chi connectivity index (χ4v) is 4.62. The van der Waals surface area contributed by atoms with Gasteiger partial charge in [-0.25, -0.2) is 5.01 Å². The monoisotopic (exact) mass is 510 g/mol. The van der Waals surface area contributed by atoms with Gasteiger partial charge in [0.05, 0.1) is 17.5 Å². The van der Waals surface area contributed by atoms with Gasteiger partial charge >= 0.3 is 0 Å². The smallest absolute Gasteiger partial charge is 0.161 e. The molecule has 0 N–H and O–H groups in total. The van der Waals surface area contributed by atoms with E-state index in [1.165, 1.54) is 5.01 Å². The lowest BCUT2D eigenvalue weighted by atomic mass is 9.82. The summed E-state index contributed by atoms with van der Waals surface area (Å²) in [5, 5.41) is 6.08. The Balaban J connectivity index is 1.94. The number of pyridine rings is 1. The fourth-order valence-electron chi connectivity index (χ4n) is 4.37. The summed E-state index contributed by atoms with van der Waals surface area (Å²) in [6.45, 7) is 10.6. The second-order valence-electron chi connectivity index (χ2n) is 9.72. The largest absolute Gasteiger partial charge is 0.493 e. The van der Waals surface area contributed by atoms with E-state index >= 15 is 0 Å². The van der Waals surface area contributed by atoms with E-state index < -0.39 is 11.6 Å². The average Bonchev–Trinajstić information content (AvgIpc) is 3.12. The van der Waals surface area contributed by atoms with Crippen molar-refractivity contribution in [2.75, 3.05) is 6.61 Å². The Labute approximate surface area is 215 Å². The van der Waals surface area contributed by atoms with Crippen LogP contribution in [0, 0.1) is 4.91 Å². The zero-order chi connectivity index (χ0) is 25.4. The van der Waals surface area contributed by atoms with Crippen molar-refractivity contribution >= 4 is 29.0 Å². The first kappa shape index (κ1) is 25.1. The molecule has 3 aromatic rings. The van der Waals surface area contributed by atoms with Crippen LogP contribution in [-0.2, 0) is 11.0 Å². The van der Waals surface area contributed by atoms with E-state index in [0.717, 1.165) is 16.8 Å². The minimum atomic E-state index is -0.853. The zero-order valence-electron chi connectivity index (χ0n) is 20.4. The second-order valence-corrected chi connectivity index (χ2v) is 10.6. The van der Waals surface area contributed by atoms with Gasteiger partial charge in [-0.1, -0.05) is 68.2 Å². The lowest BCUT2D eigenvalue weighted by molar-refractivity contribution is 0.251. The Morgan fingerprint density at radius 2 is 1.66 bits per heavy atom. The van der Waals surface area contributed by atoms with Crippen molar-refractivity contribution < 1.29 is 4.74 Å². The topological polar surface area (TPSA) is 67.2 Å². The van der Waals surface area contributed by atoms with Crippen LogP contribution in [-0.4, -0.2) is 22.4 Å². The van der Waals surface area contributed by atoms with Gasteiger partial charge in [0.25, 0.3) is 0 Å². The van der Waals surface area contributed by atoms with Crippen molar-refractivity contribution in [1.29, 1.82) is 0 Å². The van der Waals surface area contributed by atoms with Gasteiger partial charge in [-0.2, -0.15) is 0 Å². The molecule has 0 aliphatic carbocycles. The molecule has 0 saturated carbocycles. The van der Waals surface area contributed by atoms with E-state index in [4.69, 9.17) is 32.9 Å². The van der Waals surface area contributed by atoms with E-state index in [0.29, 0.717) is 33.8 Å². The van der Waals surface area contributed by atoms with Crippen LogP contribution in [0.5, 0.6) is 5.75 Å². The van der Waals surface area contributed by atoms with Crippen molar-refractivity contribution in [1.82, 2.24) is 9.99 Å². The van der Waals surface area contributed by atoms with Gasteiger partial charge < -0.3 is 4.74 Å². The standard InChI is InChI=1S/C27H28Cl2N4O2/c1-6-35-22-15-23(26(2,3)4)30-16-21(22)25-31-27(5,18-9-13-20(29)14-10-18)24(33(25)32-34)17-7-11-19(28)12-8-17/h7-16,24H,6H2,1-5H3/t24-,27+/m1/s1. The number of nitroso groups, excluding NO2 is 1. The molecular weight excluding hydrogens is 483 g/mol. The van der Waals surface area contributed by atoms with Crippen molar-refractivity contribution in [3.8, 4) is 5.75 Å². The summed E-state index contributed by atoms with van der Waals surface area (Å²) >= 11 is 12.3. The number of rotatable bonds is 6. The third kappa shape index (κ3) is 4.78. The number of ether oxygens (including phenoxy) is 1. The van der Waals surface area contributed by atoms with Gasteiger partial charge in [-0.15, -0.1) is 4.91 Å². The highest BCUT2D eigenvalue weighted by molar-refractivity contribution is 6.30. The number of amidine groups is 1. The molecule has 35 heavy (non-hydrogen) atoms. The normalized spacial score (nSPS) is 20.0. The van der Waals surface area contributed by atoms with Crippen molar-refractivity contribution in [2.24, 2.45) is 10.3 Å². The first-order chi connectivity index (χ1) is 16.6. The summed E-state index contributed by atoms with van der Waals surface area (Å²) < 4.78 is 6.00. The highest BCUT2D eigenvalue weighted by Crippen LogP contribution is 2.49. The van der Waals surface area contributed by atoms with Crippen LogP contribution in [0.2, 0.25) is 10.0 Å². The number of halogens is 2. The molecule has 4 rings (SSSR count). The Morgan fingerprint density at radius 1 is 1.06 bits per heavy atom. The molecule has 0 amide bonds. The molecule has 0 unspecified atom stereocenters. The number of hydrogen-bond donors (Lipinski definition) is 0. The van der Waals surface area contributed by atoms with Crippen LogP contribution in [0.1, 0.15) is 63.0 Å². The summed E-state index contributed by atoms with van der Waals surface area (Å²) in [5.41, 5.74) is 2.20. The van der Waals surface area contributed by atoms with E-state index in [1.807, 2.05) is 56.3 Å². The average molecular weight is 511 g/mol. The molecule has 0 bridgehead atoms. The Morgan fingerprint density at radius 3 is 2.20 bits per heavy atom. The third-order valence-corrected chi connectivity index (χ3v) is 6.71. The van der Waals surface area contributed by atoms with Crippen LogP contribution in [0.25, 0.3) is 0 Å². The maximum absolute atomic E-state index is 12.4. The minimum absolute atomic E-state index is 0.172. The molecule has 1 aromatic heterocycles. The van der Waals surface area contributed by atoms with Gasteiger partial charge in [0.2, 0.25) is 0 Å². The first-order valence-electron chi connectivity index (χ1n) is 11.5. The minimum Gasteiger partial charge on any atom is -0.493 e. The quantitative estimate of drug-likeness (QED) is 0.322. The van der Waals surface area contributed by atoms with E-state index in [2.05, 4.69) is 31.0 Å². The van der Waals surface area contributed by atoms with E-state index in [-0.39, 0.29) is 5.41 Å². The van der Waals surface area contributed by atoms with Gasteiger partial charge in [0.1, 0.15) is 17.3 Å². The molecule has 6 nitrogen and oxygen atoms in total. The van der Waals surface area contributed by atoms with E-state index in [9.17, 15) is 4.91 Å². The van der Waals surface area contributed by atoms with E-state index in [1.54, 1.807) is 18.3 Å². The van der Waals surface area contributed by atoms with Gasteiger partial charge in [0.15, 0.2) is 5.84 Å². The maximum Gasteiger partial charge on any atom is 0.161 e. The predicted molar refractivity (Wildman–Crippen MR) is 141 cm³/mol. The van der Waals surface area contributed by atoms with Gasteiger partial charge in [0, 0.05) is 33.4 Å². The lowest BCUT2D eigenvalue weighted by Crippen LogP contribution is -2.34. The first-order valence-corrected chi connectivity index (χ1v) is 12.2. The van der Waals surface area contributed by atoms with Crippen LogP contribution >= 0.6 is 23.2 Å². The molecule has 2 heterocycles. The van der Waals surface area contributed by atoms with Crippen molar-refractivity contribution in [2.45, 2.75) is 51.6 Å². The van der Waals surface area contributed by atoms with Crippen LogP contribution in [0.3, 0.4) is 0 Å². The highest BCUT2D eigenvalue weighted by Gasteiger charge is 2.49. The van der Waals surface area contributed by atoms with Crippen LogP contribution in [0.15, 0.2) is 71.1 Å². The Kier molecular flexibility index (Phi) is 6.89. The number of nitrogens with zero attached hydrogens (tertiary/aromatic N) is 4. The summed E-state index contributed by atoms with van der Waals surface area (Å²) in [5.74, 6) is 1.00. The molecule has 0 spiro atoms. The summed E-state index contributed by atoms with van der Waals surface area (Å²) in [6.07, 6.45) is 1.72. The zero-order valence-corrected chi connectivity index (χ0v) is 21.9. The molecule has 182 valence electrons. The summed E-state index contributed by atoms with van der Waals surface area (Å²) in [7, 11) is 0. The Bertz CT molecular complexity index is 1250. The maximum atomic E-state index is 12.4. The molecule has 2 atom stereocenters. The number of aliphatic imine (C=N–C) groups is 1. The van der Waals surface area contributed by atoms with Crippen molar-refractivity contribution in [3.05, 3.63) is 98.1 Å². The molecule has 1 aliphatic rings. The number of hydrogen-bond acceptors (Lipinski definition) is 5. The SMILES string of the molecule is CCOc1cc(C(C)(C)C)ncc1C1=N[C@@](C)(c2ccc(Cl)cc2)[C@@H](c2ccc(Cl)cc2)N1N=O. The van der Waals surface area contributed by atoms with Crippen LogP contribution < -0.4 is 4.74 Å². The molecule has 0 fully saturated rings. The van der Waals surface area contributed by atoms with Crippen LogP contribution in [0.4, 0.5) is 0 Å². The summed E-state index contributed by atoms with van der Waals surface area (Å²) in [6, 6.07) is 16.2. The third-order valence-electron chi connectivity index (χ3n) is 6.21. The van der Waals surface area contributed by atoms with Gasteiger partial charge in [-0.3, -0.25) is 9.98 Å². The Hall–Kier alpha value is -2.96. The molecule has 0 saturated heterocycles. The lowest BCUT2D eigenvalue weighted by Gasteiger charge is -2.32. The fraction of sp³-hybridized carbons (Fsp3) is 0.333. The number of benzene rings is 2. The molecule has 8 heteroatoms. The molecule has 2 aromatic carbocycles. The predicted octanol–water partition coefficient (Wildman–Crippen LogP) is 7.48. The van der Waals surface area contributed by atoms with Gasteiger partial charge in [-0.05, 0) is 49.2 Å². The molecular formula is C27H28Cl2N4O2. The second kappa shape index (κ2) is 9.59. The summed E-state index contributed by atoms with van der Waals surface area (Å²) in [4.78, 5) is 22.2. The molecule has 0 radical (unpaired) electrons. The number of aromatic nitrogens is 1. The molecule has 1 aliphatic heterocycles. The van der Waals surface area contributed by atoms with Crippen molar-refractivity contribution in [3.63, 3.8) is 0 Å². The highest BCUT2D eigenvalue weighted by atomic mass is 35.5.